The number of para-hydroxylation sites is 2. The van der Waals surface area contributed by atoms with Crippen LogP contribution in [0.4, 0.5) is 0 Å². The van der Waals surface area contributed by atoms with E-state index in [9.17, 15) is 0 Å². The lowest BCUT2D eigenvalue weighted by atomic mass is 10.3. The minimum Gasteiger partial charge on any atom is -0.283 e. The highest BCUT2D eigenvalue weighted by molar-refractivity contribution is 6.29. The first-order valence-corrected chi connectivity index (χ1v) is 5.99. The Bertz CT molecular complexity index is 893. The van der Waals surface area contributed by atoms with E-state index in [-0.39, 0.29) is 0 Å². The summed E-state index contributed by atoms with van der Waals surface area (Å²) in [4.78, 5) is 12.5. The Morgan fingerprint density at radius 2 is 2.00 bits per heavy atom. The molecule has 3 heterocycles. The lowest BCUT2D eigenvalue weighted by Crippen LogP contribution is -2.04. The summed E-state index contributed by atoms with van der Waals surface area (Å²) >= 11 is 6.02. The maximum atomic E-state index is 6.02. The van der Waals surface area contributed by atoms with Crippen LogP contribution in [0.5, 0.6) is 0 Å². The van der Waals surface area contributed by atoms with Crippen molar-refractivity contribution in [2.45, 2.75) is 0 Å². The molecule has 0 saturated carbocycles. The molecule has 0 unspecified atom stereocenters. The van der Waals surface area contributed by atoms with Crippen LogP contribution in [0.15, 0.2) is 43.0 Å². The minimum atomic E-state index is 0.369. The van der Waals surface area contributed by atoms with Gasteiger partial charge in [-0.3, -0.25) is 4.57 Å². The zero-order valence-electron chi connectivity index (χ0n) is 9.60. The molecule has 4 aromatic rings. The molecule has 0 aliphatic rings. The summed E-state index contributed by atoms with van der Waals surface area (Å²) in [5.41, 5.74) is 1.88. The van der Waals surface area contributed by atoms with Gasteiger partial charge in [-0.15, -0.1) is 0 Å². The van der Waals surface area contributed by atoms with Crippen molar-refractivity contribution in [3.8, 4) is 5.82 Å². The molecular weight excluding hydrogens is 264 g/mol. The molecule has 6 nitrogen and oxygen atoms in total. The molecule has 0 saturated heterocycles. The van der Waals surface area contributed by atoms with Crippen LogP contribution < -0.4 is 0 Å². The molecule has 7 heteroatoms. The second-order valence-electron chi connectivity index (χ2n) is 4.01. The predicted molar refractivity (Wildman–Crippen MR) is 70.4 cm³/mol. The van der Waals surface area contributed by atoms with Crippen molar-refractivity contribution in [2.24, 2.45) is 0 Å². The number of hydrogen-bond acceptors (Lipinski definition) is 4. The second kappa shape index (κ2) is 3.76. The first-order chi connectivity index (χ1) is 9.33. The SMILES string of the molecule is Clc1cc(-n2cnc3ccccc32)n2ncnc2n1. The molecule has 0 spiro atoms. The van der Waals surface area contributed by atoms with Gasteiger partial charge in [0.25, 0.3) is 5.78 Å². The fourth-order valence-corrected chi connectivity index (χ4v) is 2.26. The molecule has 4 rings (SSSR count). The fourth-order valence-electron chi connectivity index (χ4n) is 2.08. The van der Waals surface area contributed by atoms with Crippen molar-refractivity contribution < 1.29 is 0 Å². The van der Waals surface area contributed by atoms with Gasteiger partial charge >= 0.3 is 0 Å². The number of fused-ring (bicyclic) bond motifs is 2. The summed E-state index contributed by atoms with van der Waals surface area (Å²) in [6, 6.07) is 9.58. The number of benzene rings is 1. The highest BCUT2D eigenvalue weighted by atomic mass is 35.5. The zero-order chi connectivity index (χ0) is 12.8. The van der Waals surface area contributed by atoms with E-state index in [2.05, 4.69) is 20.1 Å². The summed E-state index contributed by atoms with van der Waals surface area (Å²) in [5.74, 6) is 1.21. The van der Waals surface area contributed by atoms with E-state index in [0.717, 1.165) is 16.9 Å². The van der Waals surface area contributed by atoms with Gasteiger partial charge in [-0.25, -0.2) is 4.98 Å². The van der Waals surface area contributed by atoms with Crippen molar-refractivity contribution in [1.29, 1.82) is 0 Å². The second-order valence-corrected chi connectivity index (χ2v) is 4.40. The van der Waals surface area contributed by atoms with Gasteiger partial charge in [0.05, 0.1) is 11.0 Å². The number of aromatic nitrogens is 6. The maximum absolute atomic E-state index is 6.02. The van der Waals surface area contributed by atoms with Gasteiger partial charge in [0.2, 0.25) is 0 Å². The van der Waals surface area contributed by atoms with Crippen molar-refractivity contribution in [2.75, 3.05) is 0 Å². The van der Waals surface area contributed by atoms with E-state index < -0.39 is 0 Å². The molecule has 0 aliphatic heterocycles. The Labute approximate surface area is 112 Å². The summed E-state index contributed by atoms with van der Waals surface area (Å²) in [6.07, 6.45) is 3.18. The third-order valence-electron chi connectivity index (χ3n) is 2.90. The predicted octanol–water partition coefficient (Wildman–Crippen LogP) is 2.12. The van der Waals surface area contributed by atoms with Crippen LogP contribution in [0.1, 0.15) is 0 Å². The van der Waals surface area contributed by atoms with Gasteiger partial charge in [-0.1, -0.05) is 23.7 Å². The molecule has 0 aliphatic carbocycles. The lowest BCUT2D eigenvalue weighted by Gasteiger charge is -2.06. The third-order valence-corrected chi connectivity index (χ3v) is 3.10. The molecule has 0 N–H and O–H groups in total. The molecule has 1 aromatic carbocycles. The van der Waals surface area contributed by atoms with Crippen molar-refractivity contribution >= 4 is 28.4 Å². The number of imidazole rings is 1. The normalized spacial score (nSPS) is 11.4. The van der Waals surface area contributed by atoms with Crippen molar-refractivity contribution in [3.63, 3.8) is 0 Å². The van der Waals surface area contributed by atoms with Crippen LogP contribution in [0, 0.1) is 0 Å². The molecule has 3 aromatic heterocycles. The fraction of sp³-hybridized carbons (Fsp3) is 0. The Kier molecular flexibility index (Phi) is 2.07. The third kappa shape index (κ3) is 1.50. The van der Waals surface area contributed by atoms with Crippen LogP contribution in [0.25, 0.3) is 22.6 Å². The smallest absolute Gasteiger partial charge is 0.255 e. The van der Waals surface area contributed by atoms with Gasteiger partial charge in [0, 0.05) is 6.07 Å². The van der Waals surface area contributed by atoms with Gasteiger partial charge in [0.15, 0.2) is 0 Å². The topological polar surface area (TPSA) is 60.9 Å². The van der Waals surface area contributed by atoms with E-state index in [4.69, 9.17) is 11.6 Å². The largest absolute Gasteiger partial charge is 0.283 e. The number of nitrogens with zero attached hydrogens (tertiary/aromatic N) is 6. The Morgan fingerprint density at radius 3 is 2.95 bits per heavy atom. The standard InChI is InChI=1S/C12H7ClN6/c13-10-5-11(19-12(17-10)14-6-16-19)18-7-15-8-3-1-2-4-9(8)18/h1-7H. The quantitative estimate of drug-likeness (QED) is 0.497. The van der Waals surface area contributed by atoms with Crippen LogP contribution in [0.2, 0.25) is 5.15 Å². The number of halogens is 1. The van der Waals surface area contributed by atoms with Gasteiger partial charge in [-0.05, 0) is 12.1 Å². The Hall–Kier alpha value is -2.47. The van der Waals surface area contributed by atoms with E-state index in [0.29, 0.717) is 10.9 Å². The van der Waals surface area contributed by atoms with E-state index in [1.54, 1.807) is 16.9 Å². The number of hydrogen-bond donors (Lipinski definition) is 0. The van der Waals surface area contributed by atoms with Gasteiger partial charge in [-0.2, -0.15) is 19.6 Å². The molecule has 0 bridgehead atoms. The average molecular weight is 271 g/mol. The highest BCUT2D eigenvalue weighted by Crippen LogP contribution is 2.19. The summed E-state index contributed by atoms with van der Waals surface area (Å²) < 4.78 is 3.53. The van der Waals surface area contributed by atoms with Crippen LogP contribution in [-0.2, 0) is 0 Å². The first kappa shape index (κ1) is 10.5. The first-order valence-electron chi connectivity index (χ1n) is 5.62. The van der Waals surface area contributed by atoms with Crippen LogP contribution in [0.3, 0.4) is 0 Å². The van der Waals surface area contributed by atoms with Crippen molar-refractivity contribution in [3.05, 3.63) is 48.1 Å². The monoisotopic (exact) mass is 270 g/mol. The van der Waals surface area contributed by atoms with Crippen LogP contribution in [-0.4, -0.2) is 29.1 Å². The molecule has 0 fully saturated rings. The average Bonchev–Trinajstić information content (AvgIpc) is 3.03. The van der Waals surface area contributed by atoms with Gasteiger partial charge < -0.3 is 0 Å². The van der Waals surface area contributed by atoms with E-state index in [1.165, 1.54) is 6.33 Å². The molecular formula is C12H7ClN6. The van der Waals surface area contributed by atoms with Crippen molar-refractivity contribution in [1.82, 2.24) is 29.1 Å². The molecule has 0 atom stereocenters. The maximum Gasteiger partial charge on any atom is 0.255 e. The number of rotatable bonds is 1. The minimum absolute atomic E-state index is 0.369. The van der Waals surface area contributed by atoms with Gasteiger partial charge in [0.1, 0.15) is 23.6 Å². The Morgan fingerprint density at radius 1 is 1.11 bits per heavy atom. The van der Waals surface area contributed by atoms with E-state index >= 15 is 0 Å². The molecule has 0 radical (unpaired) electrons. The summed E-state index contributed by atoms with van der Waals surface area (Å²) in [7, 11) is 0. The molecule has 0 amide bonds. The summed E-state index contributed by atoms with van der Waals surface area (Å²) in [6.45, 7) is 0. The summed E-state index contributed by atoms with van der Waals surface area (Å²) in [5, 5.41) is 4.53. The molecule has 92 valence electrons. The van der Waals surface area contributed by atoms with E-state index in [1.807, 2.05) is 28.8 Å². The molecule has 19 heavy (non-hydrogen) atoms. The van der Waals surface area contributed by atoms with Crippen LogP contribution >= 0.6 is 11.6 Å². The lowest BCUT2D eigenvalue weighted by molar-refractivity contribution is 0.865. The zero-order valence-corrected chi connectivity index (χ0v) is 10.4. The highest BCUT2D eigenvalue weighted by Gasteiger charge is 2.11. The Balaban J connectivity index is 2.11.